The first-order valence-electron chi connectivity index (χ1n) is 12.6. The molecule has 0 aliphatic heterocycles. The van der Waals surface area contributed by atoms with Crippen molar-refractivity contribution in [1.29, 1.82) is 0 Å². The van der Waals surface area contributed by atoms with Crippen LogP contribution in [0.15, 0.2) is 10.6 Å². The fourth-order valence-corrected chi connectivity index (χ4v) is 6.24. The Morgan fingerprint density at radius 2 is 1.82 bits per heavy atom. The molecule has 0 saturated heterocycles. The molecular formula is C25H37N3O6. The number of carboxylic acids is 1. The number of rotatable bonds is 11. The third kappa shape index (κ3) is 5.39. The molecule has 2 amide bonds. The first kappa shape index (κ1) is 24.5. The number of carboxylic acid groups (broad SMARTS) is 1. The van der Waals surface area contributed by atoms with Crippen LogP contribution in [-0.4, -0.2) is 47.2 Å². The van der Waals surface area contributed by atoms with Gasteiger partial charge in [-0.05, 0) is 87.6 Å². The van der Waals surface area contributed by atoms with Gasteiger partial charge < -0.3 is 25.0 Å². The number of aliphatic carboxylic acids is 1. The highest BCUT2D eigenvalue weighted by Crippen LogP contribution is 2.53. The molecule has 3 N–H and O–H groups in total. The van der Waals surface area contributed by atoms with Gasteiger partial charge in [0.1, 0.15) is 6.61 Å². The van der Waals surface area contributed by atoms with Gasteiger partial charge in [-0.15, -0.1) is 0 Å². The maximum atomic E-state index is 12.8. The average Bonchev–Trinajstić information content (AvgIpc) is 3.26. The molecule has 1 aromatic heterocycles. The summed E-state index contributed by atoms with van der Waals surface area (Å²) in [5.74, 6) is 1.27. The number of carbonyl (C=O) groups excluding carboxylic acids is 2. The molecule has 1 atom stereocenters. The summed E-state index contributed by atoms with van der Waals surface area (Å²) < 4.78 is 10.9. The van der Waals surface area contributed by atoms with E-state index < -0.39 is 17.3 Å². The molecule has 1 heterocycles. The molecule has 9 nitrogen and oxygen atoms in total. The van der Waals surface area contributed by atoms with E-state index in [2.05, 4.69) is 15.8 Å². The van der Waals surface area contributed by atoms with Crippen LogP contribution in [0, 0.1) is 35.0 Å². The second-order valence-electron chi connectivity index (χ2n) is 11.1. The van der Waals surface area contributed by atoms with Gasteiger partial charge in [-0.2, -0.15) is 0 Å². The molecule has 4 aliphatic rings. The summed E-state index contributed by atoms with van der Waals surface area (Å²) in [7, 11) is 0. The normalized spacial score (nSPS) is 28.4. The minimum atomic E-state index is -0.868. The number of amides is 2. The van der Waals surface area contributed by atoms with E-state index in [4.69, 9.17) is 14.4 Å². The standard InChI is InChI=1S/C25H37N3O6/c1-4-16(23(30)31)5-6-26-24(32)25(2,3)13-33-20-12-19(34-28-20)22(29)27-21-17-8-14-7-15(10-17)11-18(21)9-14/h12,14-18,21H,4-11,13H2,1-3H3,(H,26,32)(H,27,29)(H,30,31). The molecule has 4 saturated carbocycles. The fourth-order valence-electron chi connectivity index (χ4n) is 6.24. The van der Waals surface area contributed by atoms with E-state index >= 15 is 0 Å². The Balaban J connectivity index is 1.24. The monoisotopic (exact) mass is 475 g/mol. The molecule has 0 aromatic carbocycles. The molecule has 0 spiro atoms. The SMILES string of the molecule is CCC(CCNC(=O)C(C)(C)COc1cc(C(=O)NC2C3CC4CC(C3)CC2C4)on1)C(=O)O. The van der Waals surface area contributed by atoms with E-state index in [1.54, 1.807) is 13.8 Å². The van der Waals surface area contributed by atoms with Crippen LogP contribution in [-0.2, 0) is 9.59 Å². The number of carbonyl (C=O) groups is 3. The number of hydrogen-bond acceptors (Lipinski definition) is 6. The Labute approximate surface area is 200 Å². The van der Waals surface area contributed by atoms with E-state index in [1.165, 1.54) is 38.2 Å². The summed E-state index contributed by atoms with van der Waals surface area (Å²) in [4.78, 5) is 36.4. The molecule has 4 bridgehead atoms. The number of aromatic nitrogens is 1. The smallest absolute Gasteiger partial charge is 0.306 e. The highest BCUT2D eigenvalue weighted by molar-refractivity contribution is 5.91. The van der Waals surface area contributed by atoms with Gasteiger partial charge in [0.25, 0.3) is 11.8 Å². The molecule has 188 valence electrons. The Hall–Kier alpha value is -2.58. The van der Waals surface area contributed by atoms with E-state index in [0.717, 1.165) is 11.8 Å². The Morgan fingerprint density at radius 1 is 1.18 bits per heavy atom. The Kier molecular flexibility index (Phi) is 7.19. The van der Waals surface area contributed by atoms with Crippen LogP contribution in [0.4, 0.5) is 0 Å². The highest BCUT2D eigenvalue weighted by atomic mass is 16.5. The zero-order chi connectivity index (χ0) is 24.5. The topological polar surface area (TPSA) is 131 Å². The molecule has 1 unspecified atom stereocenters. The van der Waals surface area contributed by atoms with Crippen LogP contribution in [0.3, 0.4) is 0 Å². The zero-order valence-corrected chi connectivity index (χ0v) is 20.3. The van der Waals surface area contributed by atoms with E-state index in [9.17, 15) is 14.4 Å². The maximum Gasteiger partial charge on any atom is 0.306 e. The number of nitrogens with zero attached hydrogens (tertiary/aromatic N) is 1. The quantitative estimate of drug-likeness (QED) is 0.448. The van der Waals surface area contributed by atoms with Crippen LogP contribution >= 0.6 is 0 Å². The fraction of sp³-hybridized carbons (Fsp3) is 0.760. The van der Waals surface area contributed by atoms with Gasteiger partial charge in [-0.3, -0.25) is 14.4 Å². The van der Waals surface area contributed by atoms with Gasteiger partial charge in [-0.25, -0.2) is 0 Å². The average molecular weight is 476 g/mol. The third-order valence-electron chi connectivity index (χ3n) is 8.05. The van der Waals surface area contributed by atoms with Gasteiger partial charge in [0.15, 0.2) is 0 Å². The minimum Gasteiger partial charge on any atom is -0.481 e. The van der Waals surface area contributed by atoms with Gasteiger partial charge in [0.2, 0.25) is 11.7 Å². The van der Waals surface area contributed by atoms with E-state index in [1.807, 2.05) is 6.92 Å². The lowest BCUT2D eigenvalue weighted by Gasteiger charge is -2.54. The Bertz CT molecular complexity index is 882. The van der Waals surface area contributed by atoms with E-state index in [0.29, 0.717) is 24.7 Å². The van der Waals surface area contributed by atoms with Crippen LogP contribution in [0.5, 0.6) is 5.88 Å². The summed E-state index contributed by atoms with van der Waals surface area (Å²) in [5, 5.41) is 18.9. The summed E-state index contributed by atoms with van der Waals surface area (Å²) >= 11 is 0. The van der Waals surface area contributed by atoms with Crippen molar-refractivity contribution in [2.75, 3.05) is 13.2 Å². The van der Waals surface area contributed by atoms with Crippen LogP contribution in [0.1, 0.15) is 76.3 Å². The van der Waals surface area contributed by atoms with Crippen molar-refractivity contribution in [3.63, 3.8) is 0 Å². The lowest BCUT2D eigenvalue weighted by Crippen LogP contribution is -2.55. The number of hydrogen-bond donors (Lipinski definition) is 3. The lowest BCUT2D eigenvalue weighted by molar-refractivity contribution is -0.142. The molecule has 9 heteroatoms. The lowest BCUT2D eigenvalue weighted by atomic mass is 9.54. The van der Waals surface area contributed by atoms with Crippen molar-refractivity contribution in [1.82, 2.24) is 15.8 Å². The summed E-state index contributed by atoms with van der Waals surface area (Å²) in [5.41, 5.74) is -0.868. The molecular weight excluding hydrogens is 438 g/mol. The number of nitrogens with one attached hydrogen (secondary N) is 2. The van der Waals surface area contributed by atoms with Gasteiger partial charge >= 0.3 is 5.97 Å². The maximum absolute atomic E-state index is 12.8. The predicted molar refractivity (Wildman–Crippen MR) is 123 cm³/mol. The molecule has 1 aromatic rings. The van der Waals surface area contributed by atoms with Gasteiger partial charge in [-0.1, -0.05) is 6.92 Å². The molecule has 34 heavy (non-hydrogen) atoms. The van der Waals surface area contributed by atoms with Crippen molar-refractivity contribution < 1.29 is 28.8 Å². The van der Waals surface area contributed by atoms with Crippen LogP contribution in [0.25, 0.3) is 0 Å². The van der Waals surface area contributed by atoms with Crippen molar-refractivity contribution in [3.8, 4) is 5.88 Å². The summed E-state index contributed by atoms with van der Waals surface area (Å²) in [6, 6.07) is 1.68. The van der Waals surface area contributed by atoms with E-state index in [-0.39, 0.29) is 42.6 Å². The predicted octanol–water partition coefficient (Wildman–Crippen LogP) is 3.25. The summed E-state index contributed by atoms with van der Waals surface area (Å²) in [6.07, 6.45) is 7.13. The first-order chi connectivity index (χ1) is 16.2. The summed E-state index contributed by atoms with van der Waals surface area (Å²) in [6.45, 7) is 5.60. The largest absolute Gasteiger partial charge is 0.481 e. The molecule has 4 aliphatic carbocycles. The van der Waals surface area contributed by atoms with Gasteiger partial charge in [0.05, 0.1) is 17.4 Å². The molecule has 0 radical (unpaired) electrons. The first-order valence-corrected chi connectivity index (χ1v) is 12.6. The Morgan fingerprint density at radius 3 is 2.41 bits per heavy atom. The zero-order valence-electron chi connectivity index (χ0n) is 20.3. The molecule has 5 rings (SSSR count). The number of ether oxygens (including phenoxy) is 1. The highest BCUT2D eigenvalue weighted by Gasteiger charge is 2.48. The van der Waals surface area contributed by atoms with Crippen molar-refractivity contribution in [2.45, 2.75) is 71.8 Å². The van der Waals surface area contributed by atoms with Crippen molar-refractivity contribution in [3.05, 3.63) is 11.8 Å². The van der Waals surface area contributed by atoms with Crippen molar-refractivity contribution in [2.24, 2.45) is 35.0 Å². The third-order valence-corrected chi connectivity index (χ3v) is 8.05. The van der Waals surface area contributed by atoms with Crippen LogP contribution < -0.4 is 15.4 Å². The van der Waals surface area contributed by atoms with Crippen LogP contribution in [0.2, 0.25) is 0 Å². The second-order valence-corrected chi connectivity index (χ2v) is 11.1. The minimum absolute atomic E-state index is 0.0398. The molecule has 4 fully saturated rings. The van der Waals surface area contributed by atoms with Crippen molar-refractivity contribution >= 4 is 17.8 Å². The van der Waals surface area contributed by atoms with Gasteiger partial charge in [0, 0.05) is 12.6 Å². The second kappa shape index (κ2) is 9.96.